The van der Waals surface area contributed by atoms with Crippen molar-refractivity contribution < 1.29 is 9.53 Å². The van der Waals surface area contributed by atoms with Crippen LogP contribution < -0.4 is 5.73 Å². The second-order valence-electron chi connectivity index (χ2n) is 4.60. The van der Waals surface area contributed by atoms with E-state index in [0.29, 0.717) is 13.0 Å². The Hall–Kier alpha value is -1.35. The van der Waals surface area contributed by atoms with E-state index in [9.17, 15) is 4.79 Å². The maximum atomic E-state index is 11.9. The van der Waals surface area contributed by atoms with Crippen molar-refractivity contribution in [1.29, 1.82) is 0 Å². The summed E-state index contributed by atoms with van der Waals surface area (Å²) < 4.78 is 5.33. The summed E-state index contributed by atoms with van der Waals surface area (Å²) in [5.41, 5.74) is 6.90. The fourth-order valence-corrected chi connectivity index (χ4v) is 1.81. The van der Waals surface area contributed by atoms with Gasteiger partial charge in [0.2, 0.25) is 0 Å². The van der Waals surface area contributed by atoms with Gasteiger partial charge in [0, 0.05) is 6.04 Å². The van der Waals surface area contributed by atoms with Crippen molar-refractivity contribution in [3.63, 3.8) is 0 Å². The molecule has 0 bridgehead atoms. The number of carbonyl (C=O) groups excluding carboxylic acids is 1. The minimum Gasteiger partial charge on any atom is -0.461 e. The van der Waals surface area contributed by atoms with Crippen molar-refractivity contribution in [1.82, 2.24) is 0 Å². The fraction of sp³-hybridized carbons (Fsp3) is 0.533. The van der Waals surface area contributed by atoms with Crippen molar-refractivity contribution in [3.05, 3.63) is 35.9 Å². The molecule has 2 atom stereocenters. The summed E-state index contributed by atoms with van der Waals surface area (Å²) in [5, 5.41) is 0. The van der Waals surface area contributed by atoms with Gasteiger partial charge in [0.05, 0.1) is 5.92 Å². The quantitative estimate of drug-likeness (QED) is 0.756. The molecule has 0 radical (unpaired) electrons. The van der Waals surface area contributed by atoms with Crippen LogP contribution in [-0.2, 0) is 16.1 Å². The second kappa shape index (κ2) is 7.88. The van der Waals surface area contributed by atoms with E-state index in [1.165, 1.54) is 0 Å². The Morgan fingerprint density at radius 1 is 1.22 bits per heavy atom. The van der Waals surface area contributed by atoms with E-state index in [1.807, 2.05) is 44.2 Å². The molecule has 0 amide bonds. The predicted octanol–water partition coefficient (Wildman–Crippen LogP) is 2.88. The number of ether oxygens (including phenoxy) is 1. The summed E-state index contributed by atoms with van der Waals surface area (Å²) in [6.45, 7) is 4.38. The highest BCUT2D eigenvalue weighted by atomic mass is 16.5. The SMILES string of the molecule is CCC(N)C[C@H](CC)C(=O)OCc1ccccc1. The van der Waals surface area contributed by atoms with Crippen LogP contribution in [0.25, 0.3) is 0 Å². The van der Waals surface area contributed by atoms with Crippen LogP contribution in [0.3, 0.4) is 0 Å². The summed E-state index contributed by atoms with van der Waals surface area (Å²) in [4.78, 5) is 11.9. The van der Waals surface area contributed by atoms with Crippen molar-refractivity contribution >= 4 is 5.97 Å². The molecule has 0 spiro atoms. The maximum Gasteiger partial charge on any atom is 0.309 e. The summed E-state index contributed by atoms with van der Waals surface area (Å²) in [5.74, 6) is -0.214. The summed E-state index contributed by atoms with van der Waals surface area (Å²) in [6, 6.07) is 9.80. The van der Waals surface area contributed by atoms with Crippen molar-refractivity contribution in [2.75, 3.05) is 0 Å². The van der Waals surface area contributed by atoms with Crippen LogP contribution in [0.4, 0.5) is 0 Å². The van der Waals surface area contributed by atoms with Crippen molar-refractivity contribution in [2.45, 2.75) is 45.8 Å². The van der Waals surface area contributed by atoms with E-state index in [-0.39, 0.29) is 17.9 Å². The number of hydrogen-bond acceptors (Lipinski definition) is 3. The zero-order valence-electron chi connectivity index (χ0n) is 11.3. The molecule has 0 saturated carbocycles. The van der Waals surface area contributed by atoms with Crippen molar-refractivity contribution in [2.24, 2.45) is 11.7 Å². The Labute approximate surface area is 109 Å². The van der Waals surface area contributed by atoms with E-state index in [2.05, 4.69) is 0 Å². The van der Waals surface area contributed by atoms with Crippen LogP contribution in [0, 0.1) is 5.92 Å². The largest absolute Gasteiger partial charge is 0.461 e. The maximum absolute atomic E-state index is 11.9. The molecule has 0 aliphatic carbocycles. The van der Waals surface area contributed by atoms with E-state index in [0.717, 1.165) is 18.4 Å². The van der Waals surface area contributed by atoms with E-state index in [4.69, 9.17) is 10.5 Å². The van der Waals surface area contributed by atoms with Gasteiger partial charge >= 0.3 is 5.97 Å². The zero-order valence-corrected chi connectivity index (χ0v) is 11.3. The normalized spacial score (nSPS) is 13.9. The molecule has 0 aliphatic rings. The Balaban J connectivity index is 2.43. The number of benzene rings is 1. The van der Waals surface area contributed by atoms with Crippen LogP contribution in [-0.4, -0.2) is 12.0 Å². The molecule has 3 heteroatoms. The number of nitrogens with two attached hydrogens (primary N) is 1. The highest BCUT2D eigenvalue weighted by molar-refractivity contribution is 5.72. The minimum absolute atomic E-state index is 0.0799. The average Bonchev–Trinajstić information content (AvgIpc) is 2.42. The number of rotatable bonds is 7. The van der Waals surface area contributed by atoms with Crippen LogP contribution >= 0.6 is 0 Å². The monoisotopic (exact) mass is 249 g/mol. The lowest BCUT2D eigenvalue weighted by atomic mass is 9.96. The number of carbonyl (C=O) groups is 1. The lowest BCUT2D eigenvalue weighted by Crippen LogP contribution is -2.27. The van der Waals surface area contributed by atoms with Crippen molar-refractivity contribution in [3.8, 4) is 0 Å². The molecular weight excluding hydrogens is 226 g/mol. The predicted molar refractivity (Wildman–Crippen MR) is 72.9 cm³/mol. The van der Waals surface area contributed by atoms with Gasteiger partial charge in [-0.2, -0.15) is 0 Å². The Morgan fingerprint density at radius 3 is 2.44 bits per heavy atom. The average molecular weight is 249 g/mol. The number of esters is 1. The molecule has 0 saturated heterocycles. The molecule has 1 unspecified atom stereocenters. The zero-order chi connectivity index (χ0) is 13.4. The van der Waals surface area contributed by atoms with Gasteiger partial charge in [0.25, 0.3) is 0 Å². The van der Waals surface area contributed by atoms with Gasteiger partial charge in [0.15, 0.2) is 0 Å². The molecule has 1 aromatic carbocycles. The summed E-state index contributed by atoms with van der Waals surface area (Å²) in [6.07, 6.45) is 2.38. The van der Waals surface area contributed by atoms with E-state index in [1.54, 1.807) is 0 Å². The van der Waals surface area contributed by atoms with Gasteiger partial charge in [0.1, 0.15) is 6.61 Å². The first-order valence-electron chi connectivity index (χ1n) is 6.63. The molecule has 100 valence electrons. The lowest BCUT2D eigenvalue weighted by Gasteiger charge is -2.17. The third-order valence-corrected chi connectivity index (χ3v) is 3.16. The molecule has 1 aromatic rings. The second-order valence-corrected chi connectivity index (χ2v) is 4.60. The van der Waals surface area contributed by atoms with Crippen LogP contribution in [0.15, 0.2) is 30.3 Å². The molecule has 0 heterocycles. The minimum atomic E-state index is -0.134. The Bertz CT molecular complexity index is 351. The molecular formula is C15H23NO2. The van der Waals surface area contributed by atoms with Crippen LogP contribution in [0.5, 0.6) is 0 Å². The number of hydrogen-bond donors (Lipinski definition) is 1. The van der Waals surface area contributed by atoms with Gasteiger partial charge in [-0.25, -0.2) is 0 Å². The Kier molecular flexibility index (Phi) is 6.44. The molecule has 3 nitrogen and oxygen atoms in total. The molecule has 0 fully saturated rings. The van der Waals surface area contributed by atoms with Gasteiger partial charge in [-0.3, -0.25) is 4.79 Å². The van der Waals surface area contributed by atoms with Gasteiger partial charge in [-0.15, -0.1) is 0 Å². The standard InChI is InChI=1S/C15H23NO2/c1-3-13(10-14(16)4-2)15(17)18-11-12-8-6-5-7-9-12/h5-9,13-14H,3-4,10-11,16H2,1-2H3/t13-,14?/m0/s1. The molecule has 18 heavy (non-hydrogen) atoms. The third-order valence-electron chi connectivity index (χ3n) is 3.16. The summed E-state index contributed by atoms with van der Waals surface area (Å²) >= 11 is 0. The summed E-state index contributed by atoms with van der Waals surface area (Å²) in [7, 11) is 0. The first kappa shape index (κ1) is 14.7. The van der Waals surface area contributed by atoms with E-state index < -0.39 is 0 Å². The van der Waals surface area contributed by atoms with Gasteiger partial charge in [-0.1, -0.05) is 44.2 Å². The highest BCUT2D eigenvalue weighted by Gasteiger charge is 2.20. The van der Waals surface area contributed by atoms with E-state index >= 15 is 0 Å². The molecule has 1 rings (SSSR count). The lowest BCUT2D eigenvalue weighted by molar-refractivity contribution is -0.150. The molecule has 2 N–H and O–H groups in total. The molecule has 0 aromatic heterocycles. The van der Waals surface area contributed by atoms with Gasteiger partial charge in [-0.05, 0) is 24.8 Å². The third kappa shape index (κ3) is 4.88. The van der Waals surface area contributed by atoms with Gasteiger partial charge < -0.3 is 10.5 Å². The first-order valence-corrected chi connectivity index (χ1v) is 6.63. The highest BCUT2D eigenvalue weighted by Crippen LogP contribution is 2.15. The van der Waals surface area contributed by atoms with Crippen LogP contribution in [0.1, 0.15) is 38.7 Å². The fourth-order valence-electron chi connectivity index (χ4n) is 1.81. The smallest absolute Gasteiger partial charge is 0.309 e. The topological polar surface area (TPSA) is 52.3 Å². The van der Waals surface area contributed by atoms with Crippen LogP contribution in [0.2, 0.25) is 0 Å². The molecule has 0 aliphatic heterocycles. The Morgan fingerprint density at radius 2 is 1.89 bits per heavy atom. The first-order chi connectivity index (χ1) is 8.67.